The summed E-state index contributed by atoms with van der Waals surface area (Å²) in [7, 11) is 1.47. The van der Waals surface area contributed by atoms with E-state index in [1.807, 2.05) is 21.1 Å². The number of quaternary nitrogens is 1. The van der Waals surface area contributed by atoms with Crippen molar-refractivity contribution in [3.8, 4) is 0 Å². The fraction of sp³-hybridized carbons (Fsp3) is 0.771. The number of ether oxygens (including phenoxy) is 2. The minimum atomic E-state index is -4.40. The first-order chi connectivity index (χ1) is 39.0. The lowest BCUT2D eigenvalue weighted by Gasteiger charge is -2.24. The molecule has 9 nitrogen and oxygen atoms in total. The maximum Gasteiger partial charge on any atom is 0.472 e. The molecular weight excluding hydrogens is 1010 g/mol. The summed E-state index contributed by atoms with van der Waals surface area (Å²) >= 11 is 0. The number of hydrogen-bond donors (Lipinski definition) is 1. The summed E-state index contributed by atoms with van der Waals surface area (Å²) in [4.78, 5) is 35.8. The second kappa shape index (κ2) is 60.8. The maximum atomic E-state index is 12.9. The fourth-order valence-electron chi connectivity index (χ4n) is 9.31. The van der Waals surface area contributed by atoms with E-state index < -0.39 is 26.5 Å². The van der Waals surface area contributed by atoms with Crippen LogP contribution in [0.1, 0.15) is 296 Å². The predicted molar refractivity (Wildman–Crippen MR) is 344 cm³/mol. The molecule has 80 heavy (non-hydrogen) atoms. The number of rotatable bonds is 61. The fourth-order valence-corrected chi connectivity index (χ4v) is 10.1. The zero-order valence-electron chi connectivity index (χ0n) is 52.8. The summed E-state index contributed by atoms with van der Waals surface area (Å²) in [6.45, 7) is 4.33. The van der Waals surface area contributed by atoms with Gasteiger partial charge in [-0.2, -0.15) is 0 Å². The van der Waals surface area contributed by atoms with Crippen molar-refractivity contribution in [3.05, 3.63) is 85.1 Å². The summed E-state index contributed by atoms with van der Waals surface area (Å²) in [6.07, 6.45) is 82.5. The second-order valence-electron chi connectivity index (χ2n) is 23.5. The van der Waals surface area contributed by atoms with Crippen LogP contribution >= 0.6 is 7.82 Å². The normalized spacial score (nSPS) is 13.7. The average Bonchev–Trinajstić information content (AvgIpc) is 3.42. The average molecular weight is 1140 g/mol. The third-order valence-corrected chi connectivity index (χ3v) is 15.4. The van der Waals surface area contributed by atoms with Crippen LogP contribution < -0.4 is 0 Å². The van der Waals surface area contributed by atoms with Gasteiger partial charge >= 0.3 is 19.8 Å². The molecule has 0 amide bonds. The molecule has 0 aliphatic carbocycles. The molecule has 0 bridgehead atoms. The quantitative estimate of drug-likeness (QED) is 0.0211. The Balaban J connectivity index is 4.07. The van der Waals surface area contributed by atoms with Crippen molar-refractivity contribution in [2.24, 2.45) is 0 Å². The molecule has 2 atom stereocenters. The molecule has 0 spiro atoms. The van der Waals surface area contributed by atoms with Crippen LogP contribution in [0.25, 0.3) is 0 Å². The van der Waals surface area contributed by atoms with Gasteiger partial charge in [0, 0.05) is 12.8 Å². The van der Waals surface area contributed by atoms with Crippen LogP contribution in [0.3, 0.4) is 0 Å². The van der Waals surface area contributed by atoms with E-state index in [4.69, 9.17) is 18.5 Å². The summed E-state index contributed by atoms with van der Waals surface area (Å²) in [5.41, 5.74) is 0. The van der Waals surface area contributed by atoms with Crippen LogP contribution in [-0.4, -0.2) is 74.9 Å². The topological polar surface area (TPSA) is 108 Å². The van der Waals surface area contributed by atoms with Gasteiger partial charge in [-0.15, -0.1) is 0 Å². The van der Waals surface area contributed by atoms with Gasteiger partial charge in [-0.1, -0.05) is 279 Å². The highest BCUT2D eigenvalue weighted by atomic mass is 31.2. The molecule has 0 aromatic heterocycles. The first-order valence-corrected chi connectivity index (χ1v) is 34.8. The van der Waals surface area contributed by atoms with E-state index in [1.165, 1.54) is 180 Å². The molecule has 10 heteroatoms. The zero-order chi connectivity index (χ0) is 58.4. The smallest absolute Gasteiger partial charge is 0.462 e. The van der Waals surface area contributed by atoms with Crippen molar-refractivity contribution in [3.63, 3.8) is 0 Å². The summed E-state index contributed by atoms with van der Waals surface area (Å²) in [5.74, 6) is -0.797. The van der Waals surface area contributed by atoms with Gasteiger partial charge in [0.15, 0.2) is 6.10 Å². The highest BCUT2D eigenvalue weighted by molar-refractivity contribution is 7.47. The van der Waals surface area contributed by atoms with Gasteiger partial charge in [-0.25, -0.2) is 4.57 Å². The minimum absolute atomic E-state index is 0.0281. The lowest BCUT2D eigenvalue weighted by molar-refractivity contribution is -0.870. The molecule has 0 aliphatic rings. The van der Waals surface area contributed by atoms with Gasteiger partial charge in [-0.3, -0.25) is 18.6 Å². The molecule has 464 valence electrons. The number of unbranched alkanes of at least 4 members (excludes halogenated alkanes) is 33. The Morgan fingerprint density at radius 3 is 1.06 bits per heavy atom. The van der Waals surface area contributed by atoms with Gasteiger partial charge in [0.05, 0.1) is 27.7 Å². The molecule has 0 aromatic rings. The van der Waals surface area contributed by atoms with E-state index in [2.05, 4.69) is 98.9 Å². The molecule has 0 saturated carbocycles. The first-order valence-electron chi connectivity index (χ1n) is 33.3. The molecule has 0 rings (SSSR count). The Kier molecular flexibility index (Phi) is 58.6. The largest absolute Gasteiger partial charge is 0.472 e. The Morgan fingerprint density at radius 2 is 0.713 bits per heavy atom. The summed E-state index contributed by atoms with van der Waals surface area (Å²) in [5, 5.41) is 0. The highest BCUT2D eigenvalue weighted by Crippen LogP contribution is 2.43. The van der Waals surface area contributed by atoms with E-state index in [1.54, 1.807) is 0 Å². The number of carbonyl (C=O) groups is 2. The molecule has 0 saturated heterocycles. The van der Waals surface area contributed by atoms with Crippen molar-refractivity contribution < 1.29 is 42.1 Å². The van der Waals surface area contributed by atoms with Crippen LogP contribution in [0.5, 0.6) is 0 Å². The minimum Gasteiger partial charge on any atom is -0.462 e. The number of allylic oxidation sites excluding steroid dienone is 14. The second-order valence-corrected chi connectivity index (χ2v) is 24.9. The Labute approximate surface area is 494 Å². The Hall–Kier alpha value is -2.81. The van der Waals surface area contributed by atoms with Crippen molar-refractivity contribution >= 4 is 19.8 Å². The van der Waals surface area contributed by atoms with E-state index in [-0.39, 0.29) is 32.0 Å². The van der Waals surface area contributed by atoms with E-state index in [0.717, 1.165) is 83.5 Å². The maximum absolute atomic E-state index is 12.9. The van der Waals surface area contributed by atoms with Gasteiger partial charge in [-0.05, 0) is 89.9 Å². The van der Waals surface area contributed by atoms with Gasteiger partial charge < -0.3 is 18.9 Å². The zero-order valence-corrected chi connectivity index (χ0v) is 53.7. The number of phosphoric acid groups is 1. The number of likely N-dealkylation sites (N-methyl/N-ethyl adjacent to an activating group) is 1. The number of nitrogens with zero attached hydrogens (tertiary/aromatic N) is 1. The van der Waals surface area contributed by atoms with Gasteiger partial charge in [0.2, 0.25) is 0 Å². The number of esters is 2. The molecule has 0 radical (unpaired) electrons. The molecule has 1 N–H and O–H groups in total. The molecule has 0 fully saturated rings. The third-order valence-electron chi connectivity index (χ3n) is 14.4. The van der Waals surface area contributed by atoms with Gasteiger partial charge in [0.25, 0.3) is 0 Å². The lowest BCUT2D eigenvalue weighted by atomic mass is 10.0. The Morgan fingerprint density at radius 1 is 0.400 bits per heavy atom. The number of hydrogen-bond acceptors (Lipinski definition) is 7. The monoisotopic (exact) mass is 1140 g/mol. The molecule has 0 aromatic carbocycles. The standard InChI is InChI=1S/C70H126NO8P/c1-6-8-10-12-14-16-18-20-22-24-26-28-30-32-33-34-35-36-37-39-40-42-44-46-48-50-52-54-56-58-60-62-69(72)76-66-68(67-78-80(74,75)77-65-64-71(3,4)5)79-70(73)63-61-59-57-55-53-51-49-47-45-43-41-38-31-29-27-25-23-21-19-17-15-13-11-9-7-2/h9,11,15,17-18,20-21,23-24,26-27,29,38,41,68H,6-8,10,12-14,16,19,22,25,28,30-37,39-40,42-67H2,1-5H3/p+1/b11-9-,17-15-,20-18-,23-21-,26-24-,29-27-,41-38-. The van der Waals surface area contributed by atoms with Crippen LogP contribution in [-0.2, 0) is 32.7 Å². The first kappa shape index (κ1) is 77.2. The molecule has 2 unspecified atom stereocenters. The van der Waals surface area contributed by atoms with E-state index >= 15 is 0 Å². The van der Waals surface area contributed by atoms with Crippen molar-refractivity contribution in [1.82, 2.24) is 0 Å². The molecular formula is C70H127NO8P+. The predicted octanol–water partition coefficient (Wildman–Crippen LogP) is 21.4. The third kappa shape index (κ3) is 64.4. The molecule has 0 heterocycles. The highest BCUT2D eigenvalue weighted by Gasteiger charge is 2.27. The SMILES string of the molecule is CC/C=C\C/C=C\C/C=C\C/C=C\C/C=C\CCCCCCCCCCCC(=O)OC(COC(=O)CCCCCCCCCCCCCCCCCCCCC/C=C\C/C=C\CCCCCCC)COP(=O)(O)OCC[N+](C)(C)C. The van der Waals surface area contributed by atoms with E-state index in [9.17, 15) is 19.0 Å². The van der Waals surface area contributed by atoms with Crippen molar-refractivity contribution in [1.29, 1.82) is 0 Å². The van der Waals surface area contributed by atoms with Crippen LogP contribution in [0, 0.1) is 0 Å². The lowest BCUT2D eigenvalue weighted by Crippen LogP contribution is -2.37. The summed E-state index contributed by atoms with van der Waals surface area (Å²) in [6, 6.07) is 0. The number of carbonyl (C=O) groups excluding carboxylic acids is 2. The number of phosphoric ester groups is 1. The van der Waals surface area contributed by atoms with E-state index in [0.29, 0.717) is 17.4 Å². The van der Waals surface area contributed by atoms with Crippen molar-refractivity contribution in [2.45, 2.75) is 302 Å². The summed E-state index contributed by atoms with van der Waals surface area (Å²) < 4.78 is 34.7. The Bertz CT molecular complexity index is 1630. The van der Waals surface area contributed by atoms with Crippen LogP contribution in [0.2, 0.25) is 0 Å². The molecule has 0 aliphatic heterocycles. The van der Waals surface area contributed by atoms with Crippen LogP contribution in [0.4, 0.5) is 0 Å². The van der Waals surface area contributed by atoms with Gasteiger partial charge in [0.1, 0.15) is 19.8 Å². The van der Waals surface area contributed by atoms with Crippen LogP contribution in [0.15, 0.2) is 85.1 Å². The van der Waals surface area contributed by atoms with Crippen molar-refractivity contribution in [2.75, 3.05) is 47.5 Å².